The van der Waals surface area contributed by atoms with Crippen LogP contribution in [0.1, 0.15) is 21.5 Å². The lowest BCUT2D eigenvalue weighted by molar-refractivity contribution is 0.0696. The fourth-order valence-corrected chi connectivity index (χ4v) is 2.96. The van der Waals surface area contributed by atoms with Gasteiger partial charge >= 0.3 is 12.0 Å². The zero-order valence-electron chi connectivity index (χ0n) is 14.5. The molecule has 2 heterocycles. The number of hydrogen-bond donors (Lipinski definition) is 2. The second-order valence-electron chi connectivity index (χ2n) is 6.29. The number of piperazine rings is 1. The van der Waals surface area contributed by atoms with Gasteiger partial charge in [-0.05, 0) is 29.3 Å². The van der Waals surface area contributed by atoms with Crippen LogP contribution in [0.4, 0.5) is 4.79 Å². The van der Waals surface area contributed by atoms with E-state index in [9.17, 15) is 9.59 Å². The Bertz CT molecular complexity index is 758. The van der Waals surface area contributed by atoms with Gasteiger partial charge in [0.2, 0.25) is 0 Å². The minimum atomic E-state index is -0.970. The van der Waals surface area contributed by atoms with Gasteiger partial charge in [0.15, 0.2) is 0 Å². The molecule has 1 fully saturated rings. The van der Waals surface area contributed by atoms with Gasteiger partial charge in [0.1, 0.15) is 0 Å². The summed E-state index contributed by atoms with van der Waals surface area (Å²) < 4.78 is 0. The summed E-state index contributed by atoms with van der Waals surface area (Å²) in [7, 11) is 0. The van der Waals surface area contributed by atoms with Gasteiger partial charge in [-0.2, -0.15) is 0 Å². The minimum Gasteiger partial charge on any atom is -0.478 e. The van der Waals surface area contributed by atoms with Crippen LogP contribution in [-0.4, -0.2) is 58.1 Å². The lowest BCUT2D eigenvalue weighted by atomic mass is 10.1. The number of aromatic nitrogens is 1. The molecule has 0 saturated carbocycles. The van der Waals surface area contributed by atoms with Gasteiger partial charge in [-0.3, -0.25) is 9.88 Å². The number of carboxylic acids is 1. The maximum atomic E-state index is 12.3. The van der Waals surface area contributed by atoms with Crippen LogP contribution in [0.5, 0.6) is 0 Å². The highest BCUT2D eigenvalue weighted by atomic mass is 16.4. The largest absolute Gasteiger partial charge is 0.478 e. The molecule has 2 N–H and O–H groups in total. The summed E-state index contributed by atoms with van der Waals surface area (Å²) in [6.07, 6.45) is 3.63. The number of urea groups is 1. The number of carboxylic acid groups (broad SMARTS) is 1. The molecule has 2 amide bonds. The number of carbonyl (C=O) groups is 2. The Morgan fingerprint density at radius 1 is 1.08 bits per heavy atom. The highest BCUT2D eigenvalue weighted by Gasteiger charge is 2.21. The van der Waals surface area contributed by atoms with Gasteiger partial charge in [-0.1, -0.05) is 18.2 Å². The average molecular weight is 354 g/mol. The third-order valence-corrected chi connectivity index (χ3v) is 4.41. The van der Waals surface area contributed by atoms with Crippen LogP contribution >= 0.6 is 0 Å². The number of nitrogens with one attached hydrogen (secondary N) is 1. The lowest BCUT2D eigenvalue weighted by Gasteiger charge is -2.34. The van der Waals surface area contributed by atoms with Gasteiger partial charge in [0, 0.05) is 51.7 Å². The highest BCUT2D eigenvalue weighted by Crippen LogP contribution is 2.09. The molecule has 0 atom stereocenters. The van der Waals surface area contributed by atoms with Crippen LogP contribution in [0.15, 0.2) is 48.8 Å². The van der Waals surface area contributed by atoms with Gasteiger partial charge in [0.25, 0.3) is 0 Å². The van der Waals surface area contributed by atoms with Crippen LogP contribution in [0.25, 0.3) is 0 Å². The molecule has 136 valence electrons. The Morgan fingerprint density at radius 2 is 1.85 bits per heavy atom. The molecule has 3 rings (SSSR count). The molecular weight excluding hydrogens is 332 g/mol. The molecule has 0 unspecified atom stereocenters. The first-order valence-electron chi connectivity index (χ1n) is 8.58. The van der Waals surface area contributed by atoms with Crippen molar-refractivity contribution in [3.05, 3.63) is 65.5 Å². The summed E-state index contributed by atoms with van der Waals surface area (Å²) in [5, 5.41) is 11.9. The van der Waals surface area contributed by atoms with Gasteiger partial charge < -0.3 is 15.3 Å². The normalized spacial score (nSPS) is 14.8. The van der Waals surface area contributed by atoms with Gasteiger partial charge in [-0.25, -0.2) is 9.59 Å². The number of benzene rings is 1. The molecule has 7 heteroatoms. The Morgan fingerprint density at radius 3 is 2.54 bits per heavy atom. The molecule has 0 bridgehead atoms. The van der Waals surface area contributed by atoms with E-state index in [0.29, 0.717) is 19.6 Å². The van der Waals surface area contributed by atoms with E-state index in [-0.39, 0.29) is 11.6 Å². The highest BCUT2D eigenvalue weighted by molar-refractivity contribution is 5.87. The number of hydrogen-bond acceptors (Lipinski definition) is 4. The Hall–Kier alpha value is -2.93. The van der Waals surface area contributed by atoms with Crippen LogP contribution < -0.4 is 5.32 Å². The van der Waals surface area contributed by atoms with E-state index in [4.69, 9.17) is 5.11 Å². The molecule has 26 heavy (non-hydrogen) atoms. The molecule has 1 aliphatic heterocycles. The first-order valence-corrected chi connectivity index (χ1v) is 8.58. The van der Waals surface area contributed by atoms with Crippen molar-refractivity contribution in [1.82, 2.24) is 20.1 Å². The number of amides is 2. The fourth-order valence-electron chi connectivity index (χ4n) is 2.96. The number of nitrogens with zero attached hydrogens (tertiary/aromatic N) is 3. The zero-order valence-corrected chi connectivity index (χ0v) is 14.5. The summed E-state index contributed by atoms with van der Waals surface area (Å²) >= 11 is 0. The second-order valence-corrected chi connectivity index (χ2v) is 6.29. The van der Waals surface area contributed by atoms with E-state index in [2.05, 4.69) is 21.3 Å². The van der Waals surface area contributed by atoms with Crippen molar-refractivity contribution >= 4 is 12.0 Å². The minimum absolute atomic E-state index is 0.119. The Labute approximate surface area is 152 Å². The summed E-state index contributed by atoms with van der Waals surface area (Å²) in [6, 6.07) is 10.5. The maximum absolute atomic E-state index is 12.3. The van der Waals surface area contributed by atoms with E-state index in [1.165, 1.54) is 11.6 Å². The van der Waals surface area contributed by atoms with Gasteiger partial charge in [-0.15, -0.1) is 0 Å². The van der Waals surface area contributed by atoms with E-state index >= 15 is 0 Å². The third kappa shape index (κ3) is 4.80. The van der Waals surface area contributed by atoms with Crippen LogP contribution in [0.2, 0.25) is 0 Å². The van der Waals surface area contributed by atoms with E-state index in [0.717, 1.165) is 25.2 Å². The average Bonchev–Trinajstić information content (AvgIpc) is 2.68. The number of pyridine rings is 1. The molecule has 0 spiro atoms. The fraction of sp³-hybridized carbons (Fsp3) is 0.316. The molecule has 1 aliphatic rings. The van der Waals surface area contributed by atoms with E-state index in [1.54, 1.807) is 29.3 Å². The molecular formula is C19H22N4O3. The SMILES string of the molecule is O=C(O)c1cccc(CNC(=O)N2CCN(Cc3cccnc3)CC2)c1. The third-order valence-electron chi connectivity index (χ3n) is 4.41. The Balaban J connectivity index is 1.45. The summed E-state index contributed by atoms with van der Waals surface area (Å²) in [5.74, 6) is -0.970. The summed E-state index contributed by atoms with van der Waals surface area (Å²) in [6.45, 7) is 4.12. The lowest BCUT2D eigenvalue weighted by Crippen LogP contribution is -2.51. The summed E-state index contributed by atoms with van der Waals surface area (Å²) in [4.78, 5) is 31.5. The number of carbonyl (C=O) groups excluding carboxylic acids is 1. The predicted octanol–water partition coefficient (Wildman–Crippen LogP) is 1.81. The maximum Gasteiger partial charge on any atom is 0.335 e. The van der Waals surface area contributed by atoms with E-state index < -0.39 is 5.97 Å². The first kappa shape index (κ1) is 17.9. The molecule has 1 aromatic carbocycles. The molecule has 0 radical (unpaired) electrons. The van der Waals surface area contributed by atoms with Gasteiger partial charge in [0.05, 0.1) is 5.56 Å². The van der Waals surface area contributed by atoms with Crippen molar-refractivity contribution in [2.75, 3.05) is 26.2 Å². The van der Waals surface area contributed by atoms with Crippen molar-refractivity contribution in [3.8, 4) is 0 Å². The van der Waals surface area contributed by atoms with E-state index in [1.807, 2.05) is 12.3 Å². The molecule has 0 aliphatic carbocycles. The second kappa shape index (κ2) is 8.44. The van der Waals surface area contributed by atoms with Crippen LogP contribution in [0.3, 0.4) is 0 Å². The standard InChI is InChI=1S/C19H22N4O3/c24-18(25)17-5-1-3-15(11-17)13-21-19(26)23-9-7-22(8-10-23)14-16-4-2-6-20-12-16/h1-6,11-12H,7-10,13-14H2,(H,21,26)(H,24,25). The first-order chi connectivity index (χ1) is 12.6. The molecule has 2 aromatic rings. The van der Waals surface area contributed by atoms with Crippen molar-refractivity contribution < 1.29 is 14.7 Å². The monoisotopic (exact) mass is 354 g/mol. The number of aromatic carboxylic acids is 1. The zero-order chi connectivity index (χ0) is 18.4. The smallest absolute Gasteiger partial charge is 0.335 e. The quantitative estimate of drug-likeness (QED) is 0.855. The number of rotatable bonds is 5. The van der Waals surface area contributed by atoms with Crippen molar-refractivity contribution in [2.45, 2.75) is 13.1 Å². The van der Waals surface area contributed by atoms with Crippen molar-refractivity contribution in [3.63, 3.8) is 0 Å². The van der Waals surface area contributed by atoms with Crippen molar-refractivity contribution in [2.24, 2.45) is 0 Å². The van der Waals surface area contributed by atoms with Crippen molar-refractivity contribution in [1.29, 1.82) is 0 Å². The Kier molecular flexibility index (Phi) is 5.80. The molecule has 1 saturated heterocycles. The summed E-state index contributed by atoms with van der Waals surface area (Å²) in [5.41, 5.74) is 2.16. The van der Waals surface area contributed by atoms with Crippen LogP contribution in [0, 0.1) is 0 Å². The van der Waals surface area contributed by atoms with Crippen LogP contribution in [-0.2, 0) is 13.1 Å². The topological polar surface area (TPSA) is 85.8 Å². The molecule has 7 nitrogen and oxygen atoms in total. The molecule has 1 aromatic heterocycles. The predicted molar refractivity (Wildman–Crippen MR) is 96.7 cm³/mol.